The van der Waals surface area contributed by atoms with Crippen molar-refractivity contribution >= 4 is 21.7 Å². The summed E-state index contributed by atoms with van der Waals surface area (Å²) in [5.74, 6) is 0.175. The molecule has 0 radical (unpaired) electrons. The SMILES string of the molecule is Cc1cc(C(=O)Cc2ccccc2)c(C)cc1Br. The van der Waals surface area contributed by atoms with E-state index in [1.165, 1.54) is 0 Å². The molecule has 0 spiro atoms. The fourth-order valence-corrected chi connectivity index (χ4v) is 2.42. The van der Waals surface area contributed by atoms with Crippen LogP contribution in [0.25, 0.3) is 0 Å². The number of carbonyl (C=O) groups excluding carboxylic acids is 1. The molecule has 18 heavy (non-hydrogen) atoms. The minimum Gasteiger partial charge on any atom is -0.294 e. The van der Waals surface area contributed by atoms with Crippen molar-refractivity contribution in [3.05, 3.63) is 69.2 Å². The summed E-state index contributed by atoms with van der Waals surface area (Å²) in [5.41, 5.74) is 3.99. The molecule has 0 aliphatic heterocycles. The summed E-state index contributed by atoms with van der Waals surface area (Å²) in [6.07, 6.45) is 0.461. The van der Waals surface area contributed by atoms with Crippen molar-refractivity contribution in [1.29, 1.82) is 0 Å². The highest BCUT2D eigenvalue weighted by Gasteiger charge is 2.11. The Kier molecular flexibility index (Phi) is 3.97. The van der Waals surface area contributed by atoms with E-state index in [0.29, 0.717) is 6.42 Å². The van der Waals surface area contributed by atoms with Gasteiger partial charge in [-0.25, -0.2) is 0 Å². The number of halogens is 1. The van der Waals surface area contributed by atoms with E-state index in [2.05, 4.69) is 15.9 Å². The average molecular weight is 303 g/mol. The summed E-state index contributed by atoms with van der Waals surface area (Å²) >= 11 is 3.48. The van der Waals surface area contributed by atoms with Crippen LogP contribution in [0.5, 0.6) is 0 Å². The number of rotatable bonds is 3. The molecule has 0 aliphatic carbocycles. The molecule has 0 heterocycles. The van der Waals surface area contributed by atoms with Gasteiger partial charge >= 0.3 is 0 Å². The molecule has 0 bridgehead atoms. The Morgan fingerprint density at radius 2 is 1.72 bits per heavy atom. The molecule has 2 aromatic rings. The fourth-order valence-electron chi connectivity index (χ4n) is 1.96. The second kappa shape index (κ2) is 5.49. The zero-order chi connectivity index (χ0) is 13.1. The van der Waals surface area contributed by atoms with Gasteiger partial charge < -0.3 is 0 Å². The van der Waals surface area contributed by atoms with Gasteiger partial charge in [0.15, 0.2) is 5.78 Å². The van der Waals surface area contributed by atoms with Gasteiger partial charge in [-0.3, -0.25) is 4.79 Å². The van der Waals surface area contributed by atoms with E-state index in [4.69, 9.17) is 0 Å². The van der Waals surface area contributed by atoms with Crippen molar-refractivity contribution in [3.63, 3.8) is 0 Å². The molecule has 0 saturated heterocycles. The van der Waals surface area contributed by atoms with Crippen molar-refractivity contribution in [2.75, 3.05) is 0 Å². The van der Waals surface area contributed by atoms with E-state index in [0.717, 1.165) is 26.7 Å². The highest BCUT2D eigenvalue weighted by atomic mass is 79.9. The van der Waals surface area contributed by atoms with Crippen LogP contribution in [0.15, 0.2) is 46.9 Å². The van der Waals surface area contributed by atoms with Gasteiger partial charge in [-0.05, 0) is 42.7 Å². The summed E-state index contributed by atoms with van der Waals surface area (Å²) in [6.45, 7) is 3.98. The van der Waals surface area contributed by atoms with Crippen LogP contribution < -0.4 is 0 Å². The zero-order valence-corrected chi connectivity index (χ0v) is 12.1. The third-order valence-corrected chi connectivity index (χ3v) is 3.87. The largest absolute Gasteiger partial charge is 0.294 e. The minimum atomic E-state index is 0.175. The molecule has 0 fully saturated rings. The predicted molar refractivity (Wildman–Crippen MR) is 78.1 cm³/mol. The number of hydrogen-bond acceptors (Lipinski definition) is 1. The molecule has 2 heteroatoms. The van der Waals surface area contributed by atoms with Gasteiger partial charge in [-0.2, -0.15) is 0 Å². The molecule has 0 aromatic heterocycles. The van der Waals surface area contributed by atoms with E-state index in [9.17, 15) is 4.79 Å². The van der Waals surface area contributed by atoms with Crippen LogP contribution in [0.3, 0.4) is 0 Å². The quantitative estimate of drug-likeness (QED) is 0.763. The highest BCUT2D eigenvalue weighted by molar-refractivity contribution is 9.10. The zero-order valence-electron chi connectivity index (χ0n) is 10.5. The molecule has 0 atom stereocenters. The number of benzene rings is 2. The van der Waals surface area contributed by atoms with Gasteiger partial charge in [-0.15, -0.1) is 0 Å². The Morgan fingerprint density at radius 3 is 2.39 bits per heavy atom. The van der Waals surface area contributed by atoms with Crippen molar-refractivity contribution in [3.8, 4) is 0 Å². The van der Waals surface area contributed by atoms with E-state index in [-0.39, 0.29) is 5.78 Å². The van der Waals surface area contributed by atoms with Gasteiger partial charge in [-0.1, -0.05) is 46.3 Å². The van der Waals surface area contributed by atoms with Crippen LogP contribution in [0.1, 0.15) is 27.0 Å². The van der Waals surface area contributed by atoms with Gasteiger partial charge in [0, 0.05) is 16.5 Å². The van der Waals surface area contributed by atoms with Crippen LogP contribution in [0.2, 0.25) is 0 Å². The first kappa shape index (κ1) is 13.0. The Morgan fingerprint density at radius 1 is 1.06 bits per heavy atom. The Labute approximate surface area is 116 Å². The van der Waals surface area contributed by atoms with Crippen LogP contribution in [-0.4, -0.2) is 5.78 Å². The van der Waals surface area contributed by atoms with Crippen LogP contribution in [0.4, 0.5) is 0 Å². The lowest BCUT2D eigenvalue weighted by molar-refractivity contribution is 0.0992. The number of Topliss-reactive ketones (excluding diaryl/α,β-unsaturated/α-hetero) is 1. The van der Waals surface area contributed by atoms with Gasteiger partial charge in [0.1, 0.15) is 0 Å². The number of carbonyl (C=O) groups is 1. The number of ketones is 1. The van der Waals surface area contributed by atoms with Gasteiger partial charge in [0.2, 0.25) is 0 Å². The predicted octanol–water partition coefficient (Wildman–Crippen LogP) is 4.49. The lowest BCUT2D eigenvalue weighted by atomic mass is 9.97. The molecule has 0 amide bonds. The molecule has 0 N–H and O–H groups in total. The van der Waals surface area contributed by atoms with E-state index in [1.807, 2.05) is 56.3 Å². The minimum absolute atomic E-state index is 0.175. The van der Waals surface area contributed by atoms with E-state index >= 15 is 0 Å². The van der Waals surface area contributed by atoms with Crippen LogP contribution in [0, 0.1) is 13.8 Å². The standard InChI is InChI=1S/C16H15BrO/c1-11-9-15(17)12(2)8-14(11)16(18)10-13-6-4-3-5-7-13/h3-9H,10H2,1-2H3. The topological polar surface area (TPSA) is 17.1 Å². The van der Waals surface area contributed by atoms with Gasteiger partial charge in [0.05, 0.1) is 0 Å². The van der Waals surface area contributed by atoms with E-state index in [1.54, 1.807) is 0 Å². The fraction of sp³-hybridized carbons (Fsp3) is 0.188. The lowest BCUT2D eigenvalue weighted by Gasteiger charge is -2.08. The van der Waals surface area contributed by atoms with Crippen molar-refractivity contribution in [2.45, 2.75) is 20.3 Å². The summed E-state index contributed by atoms with van der Waals surface area (Å²) in [4.78, 5) is 12.3. The number of hydrogen-bond donors (Lipinski definition) is 0. The molecule has 2 aromatic carbocycles. The normalized spacial score (nSPS) is 10.4. The summed E-state index contributed by atoms with van der Waals surface area (Å²) < 4.78 is 1.05. The average Bonchev–Trinajstić information content (AvgIpc) is 2.35. The second-order valence-corrected chi connectivity index (χ2v) is 5.36. The third-order valence-electron chi connectivity index (χ3n) is 3.01. The molecule has 1 nitrogen and oxygen atoms in total. The maximum Gasteiger partial charge on any atom is 0.167 e. The number of aryl methyl sites for hydroxylation is 2. The van der Waals surface area contributed by atoms with Crippen molar-refractivity contribution in [2.24, 2.45) is 0 Å². The first-order valence-corrected chi connectivity index (χ1v) is 6.71. The molecule has 0 saturated carbocycles. The smallest absolute Gasteiger partial charge is 0.167 e. The highest BCUT2D eigenvalue weighted by Crippen LogP contribution is 2.22. The summed E-state index contributed by atoms with van der Waals surface area (Å²) in [7, 11) is 0. The monoisotopic (exact) mass is 302 g/mol. The Hall–Kier alpha value is -1.41. The molecule has 0 aliphatic rings. The maximum absolute atomic E-state index is 12.3. The maximum atomic E-state index is 12.3. The Balaban J connectivity index is 2.27. The summed E-state index contributed by atoms with van der Waals surface area (Å²) in [5, 5.41) is 0. The molecular weight excluding hydrogens is 288 g/mol. The molecular formula is C16H15BrO. The van der Waals surface area contributed by atoms with Crippen LogP contribution in [-0.2, 0) is 6.42 Å². The first-order valence-electron chi connectivity index (χ1n) is 5.92. The first-order chi connectivity index (χ1) is 8.58. The Bertz CT molecular complexity index is 573. The second-order valence-electron chi connectivity index (χ2n) is 4.50. The van der Waals surface area contributed by atoms with Gasteiger partial charge in [0.25, 0.3) is 0 Å². The molecule has 92 valence electrons. The third kappa shape index (κ3) is 2.88. The molecule has 2 rings (SSSR count). The van der Waals surface area contributed by atoms with Crippen LogP contribution >= 0.6 is 15.9 Å². The molecule has 0 unspecified atom stereocenters. The summed E-state index contributed by atoms with van der Waals surface area (Å²) in [6, 6.07) is 13.8. The van der Waals surface area contributed by atoms with Crippen molar-refractivity contribution < 1.29 is 4.79 Å². The van der Waals surface area contributed by atoms with E-state index < -0.39 is 0 Å². The van der Waals surface area contributed by atoms with Crippen molar-refractivity contribution in [1.82, 2.24) is 0 Å². The lowest BCUT2D eigenvalue weighted by Crippen LogP contribution is -2.06.